The van der Waals surface area contributed by atoms with Crippen LogP contribution < -0.4 is 0 Å². The number of pyridine rings is 2. The van der Waals surface area contributed by atoms with E-state index in [1.807, 2.05) is 6.92 Å². The summed E-state index contributed by atoms with van der Waals surface area (Å²) in [5.41, 5.74) is -0.108. The lowest BCUT2D eigenvalue weighted by atomic mass is 9.76. The van der Waals surface area contributed by atoms with Gasteiger partial charge in [-0.3, -0.25) is 14.8 Å². The Kier molecular flexibility index (Phi) is 3.90. The number of carbonyl (C=O) groups is 1. The SMILES string of the molecule is CCCC(C(=O)O)(c1ccccn1)c1ccccn1. The molecule has 0 radical (unpaired) electrons. The minimum Gasteiger partial charge on any atom is -0.480 e. The molecule has 0 spiro atoms. The highest BCUT2D eigenvalue weighted by Gasteiger charge is 2.43. The molecule has 1 N–H and O–H groups in total. The molecule has 4 heteroatoms. The third-order valence-electron chi connectivity index (χ3n) is 3.19. The first-order valence-electron chi connectivity index (χ1n) is 6.28. The number of aliphatic carboxylic acids is 1. The fourth-order valence-corrected chi connectivity index (χ4v) is 2.32. The summed E-state index contributed by atoms with van der Waals surface area (Å²) in [6.07, 6.45) is 4.44. The maximum atomic E-state index is 11.9. The van der Waals surface area contributed by atoms with Crippen LogP contribution in [0.1, 0.15) is 31.2 Å². The first-order valence-corrected chi connectivity index (χ1v) is 6.28. The van der Waals surface area contributed by atoms with Gasteiger partial charge in [0.05, 0.1) is 11.4 Å². The van der Waals surface area contributed by atoms with E-state index in [2.05, 4.69) is 9.97 Å². The van der Waals surface area contributed by atoms with Crippen molar-refractivity contribution in [2.75, 3.05) is 0 Å². The predicted octanol–water partition coefficient (Wildman–Crippen LogP) is 2.65. The molecule has 2 aromatic heterocycles. The van der Waals surface area contributed by atoms with E-state index >= 15 is 0 Å². The van der Waals surface area contributed by atoms with E-state index in [9.17, 15) is 9.90 Å². The predicted molar refractivity (Wildman–Crippen MR) is 71.8 cm³/mol. The van der Waals surface area contributed by atoms with E-state index in [-0.39, 0.29) is 0 Å². The number of rotatable bonds is 5. The molecule has 0 atom stereocenters. The summed E-state index contributed by atoms with van der Waals surface area (Å²) in [4.78, 5) is 20.4. The molecule has 4 nitrogen and oxygen atoms in total. The van der Waals surface area contributed by atoms with Crippen molar-refractivity contribution in [1.29, 1.82) is 0 Å². The maximum absolute atomic E-state index is 11.9. The highest BCUT2D eigenvalue weighted by atomic mass is 16.4. The van der Waals surface area contributed by atoms with Crippen molar-refractivity contribution in [2.24, 2.45) is 0 Å². The van der Waals surface area contributed by atoms with E-state index in [0.717, 1.165) is 6.42 Å². The molecule has 0 bridgehead atoms. The van der Waals surface area contributed by atoms with Gasteiger partial charge in [-0.05, 0) is 30.7 Å². The first kappa shape index (κ1) is 13.2. The number of aromatic nitrogens is 2. The third kappa shape index (κ3) is 2.34. The molecule has 2 heterocycles. The fraction of sp³-hybridized carbons (Fsp3) is 0.267. The Morgan fingerprint density at radius 3 is 1.95 bits per heavy atom. The summed E-state index contributed by atoms with van der Waals surface area (Å²) in [5, 5.41) is 9.78. The molecule has 19 heavy (non-hydrogen) atoms. The minimum atomic E-state index is -1.17. The van der Waals surface area contributed by atoms with Crippen LogP contribution in [0.5, 0.6) is 0 Å². The van der Waals surface area contributed by atoms with Gasteiger partial charge >= 0.3 is 5.97 Å². The fourth-order valence-electron chi connectivity index (χ4n) is 2.32. The minimum absolute atomic E-state index is 0.469. The molecule has 2 rings (SSSR count). The van der Waals surface area contributed by atoms with Crippen molar-refractivity contribution in [3.05, 3.63) is 60.2 Å². The lowest BCUT2D eigenvalue weighted by molar-refractivity contribution is -0.142. The van der Waals surface area contributed by atoms with Gasteiger partial charge in [0, 0.05) is 12.4 Å². The molecular weight excluding hydrogens is 240 g/mol. The summed E-state index contributed by atoms with van der Waals surface area (Å²) in [5.74, 6) is -0.910. The molecule has 0 aromatic carbocycles. The molecule has 0 aliphatic carbocycles. The Morgan fingerprint density at radius 2 is 1.63 bits per heavy atom. The van der Waals surface area contributed by atoms with Crippen molar-refractivity contribution in [3.63, 3.8) is 0 Å². The topological polar surface area (TPSA) is 63.1 Å². The summed E-state index contributed by atoms with van der Waals surface area (Å²) in [6.45, 7) is 1.96. The van der Waals surface area contributed by atoms with Gasteiger partial charge in [0.2, 0.25) is 0 Å². The van der Waals surface area contributed by atoms with Crippen molar-refractivity contribution in [1.82, 2.24) is 9.97 Å². The molecule has 2 aromatic rings. The van der Waals surface area contributed by atoms with Crippen molar-refractivity contribution in [3.8, 4) is 0 Å². The van der Waals surface area contributed by atoms with Gasteiger partial charge in [0.1, 0.15) is 0 Å². The Labute approximate surface area is 112 Å². The number of carboxylic acids is 1. The number of nitrogens with zero attached hydrogens (tertiary/aromatic N) is 2. The van der Waals surface area contributed by atoms with Crippen LogP contribution in [-0.2, 0) is 10.2 Å². The average Bonchev–Trinajstić information content (AvgIpc) is 2.46. The van der Waals surface area contributed by atoms with Crippen LogP contribution >= 0.6 is 0 Å². The smallest absolute Gasteiger partial charge is 0.321 e. The van der Waals surface area contributed by atoms with Crippen LogP contribution in [0.25, 0.3) is 0 Å². The van der Waals surface area contributed by atoms with Crippen LogP contribution in [0.15, 0.2) is 48.8 Å². The third-order valence-corrected chi connectivity index (χ3v) is 3.19. The second kappa shape index (κ2) is 5.61. The normalized spacial score (nSPS) is 11.2. The van der Waals surface area contributed by atoms with E-state index in [1.54, 1.807) is 48.8 Å². The largest absolute Gasteiger partial charge is 0.480 e. The molecule has 0 saturated carbocycles. The first-order chi connectivity index (χ1) is 9.21. The molecule has 0 unspecified atom stereocenters. The molecule has 0 aliphatic rings. The van der Waals surface area contributed by atoms with Crippen LogP contribution in [0.2, 0.25) is 0 Å². The Hall–Kier alpha value is -2.23. The van der Waals surface area contributed by atoms with Crippen LogP contribution in [0.4, 0.5) is 0 Å². The van der Waals surface area contributed by atoms with Gasteiger partial charge in [-0.15, -0.1) is 0 Å². The van der Waals surface area contributed by atoms with Crippen LogP contribution in [-0.4, -0.2) is 21.0 Å². The van der Waals surface area contributed by atoms with Crippen molar-refractivity contribution < 1.29 is 9.90 Å². The second-order valence-corrected chi connectivity index (χ2v) is 4.39. The molecule has 98 valence electrons. The van der Waals surface area contributed by atoms with Gasteiger partial charge in [-0.25, -0.2) is 0 Å². The zero-order valence-electron chi connectivity index (χ0n) is 10.8. The quantitative estimate of drug-likeness (QED) is 0.893. The molecule has 0 saturated heterocycles. The lowest BCUT2D eigenvalue weighted by Crippen LogP contribution is -2.38. The van der Waals surface area contributed by atoms with Crippen molar-refractivity contribution >= 4 is 5.97 Å². The standard InChI is InChI=1S/C15H16N2O2/c1-2-9-15(14(18)19,12-7-3-5-10-16-12)13-8-4-6-11-17-13/h3-8,10-11H,2,9H2,1H3,(H,18,19). The lowest BCUT2D eigenvalue weighted by Gasteiger charge is -2.28. The highest BCUT2D eigenvalue weighted by molar-refractivity contribution is 5.84. The van der Waals surface area contributed by atoms with Gasteiger partial charge < -0.3 is 5.11 Å². The number of hydrogen-bond acceptors (Lipinski definition) is 3. The van der Waals surface area contributed by atoms with Gasteiger partial charge in [-0.1, -0.05) is 25.5 Å². The number of carboxylic acid groups (broad SMARTS) is 1. The zero-order valence-corrected chi connectivity index (χ0v) is 10.8. The summed E-state index contributed by atoms with van der Waals surface area (Å²) in [6, 6.07) is 10.7. The summed E-state index contributed by atoms with van der Waals surface area (Å²) >= 11 is 0. The highest BCUT2D eigenvalue weighted by Crippen LogP contribution is 2.34. The van der Waals surface area contributed by atoms with E-state index in [0.29, 0.717) is 17.8 Å². The van der Waals surface area contributed by atoms with E-state index < -0.39 is 11.4 Å². The molecule has 0 fully saturated rings. The Bertz CT molecular complexity index is 501. The van der Waals surface area contributed by atoms with Crippen molar-refractivity contribution in [2.45, 2.75) is 25.2 Å². The van der Waals surface area contributed by atoms with Gasteiger partial charge in [0.25, 0.3) is 0 Å². The molecule has 0 aliphatic heterocycles. The maximum Gasteiger partial charge on any atom is 0.321 e. The van der Waals surface area contributed by atoms with E-state index in [1.165, 1.54) is 0 Å². The average molecular weight is 256 g/mol. The molecular formula is C15H16N2O2. The van der Waals surface area contributed by atoms with Crippen LogP contribution in [0, 0.1) is 0 Å². The summed E-state index contributed by atoms with van der Waals surface area (Å²) in [7, 11) is 0. The Morgan fingerprint density at radius 1 is 1.11 bits per heavy atom. The second-order valence-electron chi connectivity index (χ2n) is 4.39. The monoisotopic (exact) mass is 256 g/mol. The Balaban J connectivity index is 2.65. The number of hydrogen-bond donors (Lipinski definition) is 1. The zero-order chi connectivity index (χ0) is 13.7. The van der Waals surface area contributed by atoms with Gasteiger partial charge in [0.15, 0.2) is 5.41 Å². The van der Waals surface area contributed by atoms with Gasteiger partial charge in [-0.2, -0.15) is 0 Å². The van der Waals surface area contributed by atoms with E-state index in [4.69, 9.17) is 0 Å². The van der Waals surface area contributed by atoms with Crippen LogP contribution in [0.3, 0.4) is 0 Å². The summed E-state index contributed by atoms with van der Waals surface area (Å²) < 4.78 is 0. The molecule has 0 amide bonds.